The quantitative estimate of drug-likeness (QED) is 0.216. The third-order valence-electron chi connectivity index (χ3n) is 5.42. The molecule has 0 saturated carbocycles. The van der Waals surface area contributed by atoms with Crippen LogP contribution in [0.4, 0.5) is 0 Å². The summed E-state index contributed by atoms with van der Waals surface area (Å²) in [6, 6.07) is 23.2. The van der Waals surface area contributed by atoms with Gasteiger partial charge in [0, 0.05) is 16.8 Å². The first-order valence-corrected chi connectivity index (χ1v) is 11.5. The van der Waals surface area contributed by atoms with Crippen LogP contribution in [0.25, 0.3) is 16.6 Å². The average molecular weight is 460 g/mol. The molecule has 0 radical (unpaired) electrons. The van der Waals surface area contributed by atoms with E-state index in [1.807, 2.05) is 86.6 Å². The van der Waals surface area contributed by atoms with E-state index in [4.69, 9.17) is 18.9 Å². The number of esters is 1. The number of carbonyl (C=O) groups excluding carboxylic acids is 1. The molecule has 6 heteroatoms. The van der Waals surface area contributed by atoms with E-state index >= 15 is 0 Å². The number of para-hydroxylation sites is 1. The predicted molar refractivity (Wildman–Crippen MR) is 133 cm³/mol. The number of fused-ring (bicyclic) bond motifs is 1. The Hall–Kier alpha value is -3.93. The smallest absolute Gasteiger partial charge is 0.340 e. The molecule has 1 aromatic heterocycles. The first-order chi connectivity index (χ1) is 16.6. The van der Waals surface area contributed by atoms with Crippen molar-refractivity contribution in [3.05, 3.63) is 84.1 Å². The van der Waals surface area contributed by atoms with E-state index in [9.17, 15) is 4.79 Å². The van der Waals surface area contributed by atoms with Gasteiger partial charge < -0.3 is 23.5 Å². The number of benzene rings is 3. The molecule has 34 heavy (non-hydrogen) atoms. The molecular formula is C28H29NO5. The molecule has 0 bridgehead atoms. The van der Waals surface area contributed by atoms with E-state index in [-0.39, 0.29) is 5.97 Å². The maximum Gasteiger partial charge on any atom is 0.340 e. The fourth-order valence-electron chi connectivity index (χ4n) is 3.98. The molecule has 6 nitrogen and oxygen atoms in total. The number of ether oxygens (including phenoxy) is 4. The van der Waals surface area contributed by atoms with Gasteiger partial charge in [-0.1, -0.05) is 18.2 Å². The normalized spacial score (nSPS) is 10.8. The Bertz CT molecular complexity index is 1250. The second-order valence-electron chi connectivity index (χ2n) is 7.63. The van der Waals surface area contributed by atoms with Crippen molar-refractivity contribution in [2.24, 2.45) is 0 Å². The van der Waals surface area contributed by atoms with Crippen LogP contribution in [0.1, 0.15) is 29.9 Å². The first-order valence-electron chi connectivity index (χ1n) is 11.5. The van der Waals surface area contributed by atoms with Gasteiger partial charge in [-0.25, -0.2) is 4.79 Å². The van der Waals surface area contributed by atoms with Crippen LogP contribution in [-0.2, 0) is 4.74 Å². The maximum atomic E-state index is 12.9. The van der Waals surface area contributed by atoms with Crippen LogP contribution in [0.2, 0.25) is 0 Å². The largest absolute Gasteiger partial charge is 0.494 e. The summed E-state index contributed by atoms with van der Waals surface area (Å²) in [5, 5.41) is 0.784. The van der Waals surface area contributed by atoms with Gasteiger partial charge in [-0.15, -0.1) is 0 Å². The monoisotopic (exact) mass is 459 g/mol. The SMILES string of the molecule is CCOC(=O)c1c(C)n(-c2ccc(OCC)cc2)c2ccc(OCCOc3ccccc3)cc12. The number of rotatable bonds is 10. The highest BCUT2D eigenvalue weighted by atomic mass is 16.5. The Morgan fingerprint density at radius 2 is 1.41 bits per heavy atom. The van der Waals surface area contributed by atoms with E-state index in [2.05, 4.69) is 4.57 Å². The molecule has 0 saturated heterocycles. The molecule has 0 N–H and O–H groups in total. The van der Waals surface area contributed by atoms with Crippen molar-refractivity contribution in [3.8, 4) is 22.9 Å². The molecule has 4 rings (SSSR count). The second-order valence-corrected chi connectivity index (χ2v) is 7.63. The van der Waals surface area contributed by atoms with Gasteiger partial charge in [0.05, 0.1) is 24.3 Å². The Morgan fingerprint density at radius 3 is 2.09 bits per heavy atom. The zero-order valence-corrected chi connectivity index (χ0v) is 19.7. The van der Waals surface area contributed by atoms with E-state index in [0.29, 0.717) is 37.7 Å². The highest BCUT2D eigenvalue weighted by molar-refractivity contribution is 6.07. The molecular weight excluding hydrogens is 430 g/mol. The third kappa shape index (κ3) is 5.01. The Balaban J connectivity index is 1.63. The number of nitrogens with zero attached hydrogens (tertiary/aromatic N) is 1. The molecule has 0 amide bonds. The molecule has 0 aliphatic rings. The highest BCUT2D eigenvalue weighted by Crippen LogP contribution is 2.33. The van der Waals surface area contributed by atoms with E-state index in [1.54, 1.807) is 6.92 Å². The van der Waals surface area contributed by atoms with Crippen molar-refractivity contribution in [2.45, 2.75) is 20.8 Å². The number of carbonyl (C=O) groups is 1. The number of hydrogen-bond acceptors (Lipinski definition) is 5. The van der Waals surface area contributed by atoms with Gasteiger partial charge in [0.2, 0.25) is 0 Å². The van der Waals surface area contributed by atoms with Crippen molar-refractivity contribution >= 4 is 16.9 Å². The lowest BCUT2D eigenvalue weighted by atomic mass is 10.1. The van der Waals surface area contributed by atoms with Gasteiger partial charge in [0.15, 0.2) is 0 Å². The van der Waals surface area contributed by atoms with Gasteiger partial charge in [-0.3, -0.25) is 0 Å². The maximum absolute atomic E-state index is 12.9. The lowest BCUT2D eigenvalue weighted by molar-refractivity contribution is 0.0527. The molecule has 0 atom stereocenters. The number of hydrogen-bond donors (Lipinski definition) is 0. The highest BCUT2D eigenvalue weighted by Gasteiger charge is 2.22. The summed E-state index contributed by atoms with van der Waals surface area (Å²) in [6.07, 6.45) is 0. The second kappa shape index (κ2) is 10.8. The fraction of sp³-hybridized carbons (Fsp3) is 0.250. The van der Waals surface area contributed by atoms with Crippen LogP contribution >= 0.6 is 0 Å². The lowest BCUT2D eigenvalue weighted by Crippen LogP contribution is -2.09. The van der Waals surface area contributed by atoms with Crippen molar-refractivity contribution in [2.75, 3.05) is 26.4 Å². The van der Waals surface area contributed by atoms with E-state index < -0.39 is 0 Å². The van der Waals surface area contributed by atoms with Gasteiger partial charge in [-0.05, 0) is 75.4 Å². The molecule has 3 aromatic carbocycles. The van der Waals surface area contributed by atoms with Gasteiger partial charge in [0.1, 0.15) is 30.5 Å². The first kappa shape index (κ1) is 23.2. The molecule has 0 fully saturated rings. The summed E-state index contributed by atoms with van der Waals surface area (Å²) in [5.74, 6) is 1.92. The zero-order valence-electron chi connectivity index (χ0n) is 19.7. The summed E-state index contributed by atoms with van der Waals surface area (Å²) < 4.78 is 24.6. The molecule has 0 aliphatic heterocycles. The van der Waals surface area contributed by atoms with Crippen molar-refractivity contribution in [1.29, 1.82) is 0 Å². The summed E-state index contributed by atoms with van der Waals surface area (Å²) in [6.45, 7) is 7.40. The van der Waals surface area contributed by atoms with Crippen molar-refractivity contribution in [3.63, 3.8) is 0 Å². The predicted octanol–water partition coefficient (Wildman–Crippen LogP) is 5.97. The molecule has 0 unspecified atom stereocenters. The fourth-order valence-corrected chi connectivity index (χ4v) is 3.98. The van der Waals surface area contributed by atoms with Crippen LogP contribution in [0, 0.1) is 6.92 Å². The molecule has 4 aromatic rings. The van der Waals surface area contributed by atoms with E-state index in [1.165, 1.54) is 0 Å². The van der Waals surface area contributed by atoms with Gasteiger partial charge in [0.25, 0.3) is 0 Å². The van der Waals surface area contributed by atoms with Crippen LogP contribution in [-0.4, -0.2) is 37.0 Å². The van der Waals surface area contributed by atoms with Crippen LogP contribution in [0.3, 0.4) is 0 Å². The third-order valence-corrected chi connectivity index (χ3v) is 5.42. The summed E-state index contributed by atoms with van der Waals surface area (Å²) >= 11 is 0. The van der Waals surface area contributed by atoms with Gasteiger partial charge in [-0.2, -0.15) is 0 Å². The van der Waals surface area contributed by atoms with Crippen LogP contribution < -0.4 is 14.2 Å². The Kier molecular flexibility index (Phi) is 7.38. The topological polar surface area (TPSA) is 58.9 Å². The summed E-state index contributed by atoms with van der Waals surface area (Å²) in [5.41, 5.74) is 3.18. The van der Waals surface area contributed by atoms with E-state index in [0.717, 1.165) is 33.8 Å². The molecule has 0 aliphatic carbocycles. The number of aromatic nitrogens is 1. The zero-order chi connectivity index (χ0) is 23.9. The lowest BCUT2D eigenvalue weighted by Gasteiger charge is -2.11. The van der Waals surface area contributed by atoms with Crippen molar-refractivity contribution < 1.29 is 23.7 Å². The Labute approximate surface area is 199 Å². The molecule has 1 heterocycles. The van der Waals surface area contributed by atoms with Crippen LogP contribution in [0.5, 0.6) is 17.2 Å². The minimum Gasteiger partial charge on any atom is -0.494 e. The summed E-state index contributed by atoms with van der Waals surface area (Å²) in [4.78, 5) is 12.9. The Morgan fingerprint density at radius 1 is 0.765 bits per heavy atom. The molecule has 176 valence electrons. The minimum atomic E-state index is -0.348. The minimum absolute atomic E-state index is 0.307. The van der Waals surface area contributed by atoms with Crippen molar-refractivity contribution in [1.82, 2.24) is 4.57 Å². The van der Waals surface area contributed by atoms with Gasteiger partial charge >= 0.3 is 5.97 Å². The van der Waals surface area contributed by atoms with Crippen LogP contribution in [0.15, 0.2) is 72.8 Å². The summed E-state index contributed by atoms with van der Waals surface area (Å²) in [7, 11) is 0. The average Bonchev–Trinajstić information content (AvgIpc) is 3.14. The molecule has 0 spiro atoms. The standard InChI is InChI=1S/C28H29NO5/c1-4-31-23-13-11-21(12-14-23)29-20(3)27(28(30)32-5-2)25-19-24(15-16-26(25)29)34-18-17-33-22-9-7-6-8-10-22/h6-16,19H,4-5,17-18H2,1-3H3.